The molecule has 19 heavy (non-hydrogen) atoms. The molecule has 0 aliphatic carbocycles. The van der Waals surface area contributed by atoms with E-state index in [0.717, 1.165) is 12.0 Å². The average molecular weight is 285 g/mol. The Morgan fingerprint density at radius 1 is 1.26 bits per heavy atom. The van der Waals surface area contributed by atoms with Crippen LogP contribution >= 0.6 is 0 Å². The van der Waals surface area contributed by atoms with Crippen LogP contribution in [0.5, 0.6) is 0 Å². The van der Waals surface area contributed by atoms with Crippen LogP contribution in [0, 0.1) is 0 Å². The number of ether oxygens (including phenoxy) is 1. The van der Waals surface area contributed by atoms with Gasteiger partial charge in [0.1, 0.15) is 0 Å². The van der Waals surface area contributed by atoms with Gasteiger partial charge in [-0.25, -0.2) is 8.42 Å². The fourth-order valence-electron chi connectivity index (χ4n) is 1.95. The summed E-state index contributed by atoms with van der Waals surface area (Å²) < 4.78 is 28.9. The maximum Gasteiger partial charge on any atom is 0.178 e. The summed E-state index contributed by atoms with van der Waals surface area (Å²) in [6.07, 6.45) is 1.46. The molecular formula is C14H23NO3S. The molecule has 0 bridgehead atoms. The number of rotatable bonds is 8. The average Bonchev–Trinajstić information content (AvgIpc) is 2.39. The van der Waals surface area contributed by atoms with Gasteiger partial charge in [-0.15, -0.1) is 0 Å². The largest absolute Gasteiger partial charge is 0.383 e. The number of likely N-dealkylation sites (N-methyl/N-ethyl adjacent to an activating group) is 1. The molecule has 0 heterocycles. The van der Waals surface area contributed by atoms with E-state index in [1.807, 2.05) is 26.1 Å². The summed E-state index contributed by atoms with van der Waals surface area (Å²) in [5, 5.41) is 3.17. The van der Waals surface area contributed by atoms with Crippen LogP contribution in [0.4, 0.5) is 0 Å². The minimum atomic E-state index is -3.11. The van der Waals surface area contributed by atoms with Crippen LogP contribution in [-0.2, 0) is 21.0 Å². The highest BCUT2D eigenvalue weighted by atomic mass is 32.2. The zero-order valence-electron chi connectivity index (χ0n) is 11.8. The van der Waals surface area contributed by atoms with E-state index in [2.05, 4.69) is 5.32 Å². The number of sulfone groups is 1. The third-order valence-corrected chi connectivity index (χ3v) is 4.95. The normalized spacial score (nSPS) is 13.4. The van der Waals surface area contributed by atoms with E-state index in [1.54, 1.807) is 19.2 Å². The minimum Gasteiger partial charge on any atom is -0.383 e. The van der Waals surface area contributed by atoms with Gasteiger partial charge < -0.3 is 10.1 Å². The van der Waals surface area contributed by atoms with Crippen LogP contribution in [0.3, 0.4) is 0 Å². The Morgan fingerprint density at radius 3 is 2.37 bits per heavy atom. The molecule has 0 saturated heterocycles. The van der Waals surface area contributed by atoms with E-state index in [0.29, 0.717) is 17.9 Å². The highest BCUT2D eigenvalue weighted by Gasteiger charge is 2.13. The molecule has 0 fully saturated rings. The van der Waals surface area contributed by atoms with Gasteiger partial charge >= 0.3 is 0 Å². The molecule has 1 unspecified atom stereocenters. The lowest BCUT2D eigenvalue weighted by atomic mass is 10.1. The first-order chi connectivity index (χ1) is 9.03. The van der Waals surface area contributed by atoms with Crippen LogP contribution in [0.2, 0.25) is 0 Å². The smallest absolute Gasteiger partial charge is 0.178 e. The molecule has 5 heteroatoms. The summed E-state index contributed by atoms with van der Waals surface area (Å²) in [6, 6.07) is 7.38. The molecule has 1 atom stereocenters. The molecule has 0 aliphatic rings. The lowest BCUT2D eigenvalue weighted by Gasteiger charge is -2.15. The number of benzene rings is 1. The van der Waals surface area contributed by atoms with Gasteiger partial charge in [-0.3, -0.25) is 0 Å². The number of methoxy groups -OCH3 is 1. The predicted octanol–water partition coefficient (Wildman–Crippen LogP) is 1.65. The van der Waals surface area contributed by atoms with Gasteiger partial charge in [0.25, 0.3) is 0 Å². The zero-order chi connectivity index (χ0) is 14.3. The van der Waals surface area contributed by atoms with Gasteiger partial charge in [0.15, 0.2) is 9.84 Å². The van der Waals surface area contributed by atoms with E-state index in [4.69, 9.17) is 4.74 Å². The Kier molecular flexibility index (Phi) is 6.48. The van der Waals surface area contributed by atoms with Gasteiger partial charge in [0.05, 0.1) is 17.3 Å². The molecule has 1 aromatic rings. The summed E-state index contributed by atoms with van der Waals surface area (Å²) in [7, 11) is 0.452. The standard InChI is InChI=1S/C14H23NO3S/c1-4-9-19(16,17)14-7-5-12(6-8-14)10-13(15-2)11-18-3/h5-8,13,15H,4,9-11H2,1-3H3. The molecule has 4 nitrogen and oxygen atoms in total. The van der Waals surface area contributed by atoms with Crippen LogP contribution in [-0.4, -0.2) is 41.0 Å². The molecular weight excluding hydrogens is 262 g/mol. The quantitative estimate of drug-likeness (QED) is 0.789. The maximum absolute atomic E-state index is 11.9. The summed E-state index contributed by atoms with van der Waals surface area (Å²) in [5.74, 6) is 0.204. The molecule has 1 N–H and O–H groups in total. The summed E-state index contributed by atoms with van der Waals surface area (Å²) in [6.45, 7) is 2.50. The van der Waals surface area contributed by atoms with Gasteiger partial charge in [-0.2, -0.15) is 0 Å². The lowest BCUT2D eigenvalue weighted by Crippen LogP contribution is -2.32. The van der Waals surface area contributed by atoms with E-state index < -0.39 is 9.84 Å². The summed E-state index contributed by atoms with van der Waals surface area (Å²) in [4.78, 5) is 0.408. The van der Waals surface area contributed by atoms with Gasteiger partial charge in [0, 0.05) is 13.2 Å². The SMILES string of the molecule is CCCS(=O)(=O)c1ccc(CC(COC)NC)cc1. The molecule has 0 aliphatic heterocycles. The molecule has 0 radical (unpaired) electrons. The van der Waals surface area contributed by atoms with Crippen LogP contribution in [0.15, 0.2) is 29.2 Å². The van der Waals surface area contributed by atoms with E-state index in [9.17, 15) is 8.42 Å². The minimum absolute atomic E-state index is 0.204. The van der Waals surface area contributed by atoms with Crippen molar-refractivity contribution in [3.8, 4) is 0 Å². The Balaban J connectivity index is 2.76. The fraction of sp³-hybridized carbons (Fsp3) is 0.571. The molecule has 0 amide bonds. The van der Waals surface area contributed by atoms with E-state index in [1.165, 1.54) is 0 Å². The first-order valence-corrected chi connectivity index (χ1v) is 8.16. The molecule has 1 rings (SSSR count). The van der Waals surface area contributed by atoms with E-state index in [-0.39, 0.29) is 11.8 Å². The van der Waals surface area contributed by atoms with Crippen molar-refractivity contribution in [1.29, 1.82) is 0 Å². The summed E-state index contributed by atoms with van der Waals surface area (Å²) >= 11 is 0. The van der Waals surface area contributed by atoms with Crippen molar-refractivity contribution in [1.82, 2.24) is 5.32 Å². The van der Waals surface area contributed by atoms with Crippen molar-refractivity contribution >= 4 is 9.84 Å². The monoisotopic (exact) mass is 285 g/mol. The second-order valence-corrected chi connectivity index (χ2v) is 6.72. The first kappa shape index (κ1) is 16.1. The third kappa shape index (κ3) is 4.93. The topological polar surface area (TPSA) is 55.4 Å². The Labute approximate surface area is 116 Å². The first-order valence-electron chi connectivity index (χ1n) is 6.51. The second-order valence-electron chi connectivity index (χ2n) is 4.61. The van der Waals surface area contributed by atoms with Crippen molar-refractivity contribution in [3.63, 3.8) is 0 Å². The van der Waals surface area contributed by atoms with Gasteiger partial charge in [0.2, 0.25) is 0 Å². The number of nitrogens with one attached hydrogen (secondary N) is 1. The van der Waals surface area contributed by atoms with Crippen molar-refractivity contribution in [3.05, 3.63) is 29.8 Å². The predicted molar refractivity (Wildman–Crippen MR) is 77.2 cm³/mol. The van der Waals surface area contributed by atoms with Crippen LogP contribution in [0.1, 0.15) is 18.9 Å². The number of hydrogen-bond donors (Lipinski definition) is 1. The molecule has 0 spiro atoms. The molecule has 108 valence electrons. The fourth-order valence-corrected chi connectivity index (χ4v) is 3.27. The van der Waals surface area contributed by atoms with E-state index >= 15 is 0 Å². The molecule has 0 saturated carbocycles. The van der Waals surface area contributed by atoms with Crippen molar-refractivity contribution in [2.24, 2.45) is 0 Å². The lowest BCUT2D eigenvalue weighted by molar-refractivity contribution is 0.169. The summed E-state index contributed by atoms with van der Waals surface area (Å²) in [5.41, 5.74) is 1.10. The van der Waals surface area contributed by atoms with Crippen LogP contribution < -0.4 is 5.32 Å². The Hall–Kier alpha value is -0.910. The zero-order valence-corrected chi connectivity index (χ0v) is 12.7. The molecule has 1 aromatic carbocycles. The van der Waals surface area contributed by atoms with Crippen molar-refractivity contribution < 1.29 is 13.2 Å². The van der Waals surface area contributed by atoms with Crippen LogP contribution in [0.25, 0.3) is 0 Å². The highest BCUT2D eigenvalue weighted by Crippen LogP contribution is 2.14. The maximum atomic E-state index is 11.9. The highest BCUT2D eigenvalue weighted by molar-refractivity contribution is 7.91. The Morgan fingerprint density at radius 2 is 1.89 bits per heavy atom. The molecule has 0 aromatic heterocycles. The van der Waals surface area contributed by atoms with Crippen molar-refractivity contribution in [2.45, 2.75) is 30.7 Å². The van der Waals surface area contributed by atoms with Gasteiger partial charge in [-0.05, 0) is 37.6 Å². The second kappa shape index (κ2) is 7.62. The Bertz CT molecular complexity index is 468. The van der Waals surface area contributed by atoms with Crippen molar-refractivity contribution in [2.75, 3.05) is 26.5 Å². The third-order valence-electron chi connectivity index (χ3n) is 3.01. The van der Waals surface area contributed by atoms with Gasteiger partial charge in [-0.1, -0.05) is 19.1 Å². The number of hydrogen-bond acceptors (Lipinski definition) is 4.